The number of rotatable bonds is 3. The first kappa shape index (κ1) is 15.3. The van der Waals surface area contributed by atoms with Crippen LogP contribution in [0.2, 0.25) is 0 Å². The summed E-state index contributed by atoms with van der Waals surface area (Å²) in [6.07, 6.45) is -7.09. The lowest BCUT2D eigenvalue weighted by Gasteiger charge is -2.11. The van der Waals surface area contributed by atoms with Gasteiger partial charge in [0.2, 0.25) is 0 Å². The second-order valence-electron chi connectivity index (χ2n) is 4.33. The van der Waals surface area contributed by atoms with E-state index in [2.05, 4.69) is 0 Å². The third-order valence-corrected chi connectivity index (χ3v) is 3.01. The minimum absolute atomic E-state index is 0.00222. The molecule has 0 aliphatic rings. The second kappa shape index (κ2) is 5.71. The molecule has 0 saturated carbocycles. The van der Waals surface area contributed by atoms with E-state index in [1.807, 2.05) is 0 Å². The molecule has 0 unspecified atom stereocenters. The lowest BCUT2D eigenvalue weighted by atomic mass is 10.0. The molecule has 0 bridgehead atoms. The van der Waals surface area contributed by atoms with E-state index in [4.69, 9.17) is 4.74 Å². The predicted octanol–water partition coefficient (Wildman–Crippen LogP) is 5.32. The van der Waals surface area contributed by atoms with Crippen LogP contribution in [0, 0.1) is 0 Å². The highest BCUT2D eigenvalue weighted by Gasteiger charge is 2.30. The molecule has 6 heteroatoms. The maximum Gasteiger partial charge on any atom is 0.416 e. The molecule has 1 nitrogen and oxygen atoms in total. The number of halogens is 5. The molecule has 0 aromatic heterocycles. The van der Waals surface area contributed by atoms with E-state index in [0.29, 0.717) is 11.1 Å². The lowest BCUT2D eigenvalue weighted by molar-refractivity contribution is -0.137. The fourth-order valence-electron chi connectivity index (χ4n) is 1.92. The van der Waals surface area contributed by atoms with Gasteiger partial charge >= 0.3 is 6.18 Å². The molecule has 0 spiro atoms. The Hall–Kier alpha value is -2.11. The highest BCUT2D eigenvalue weighted by atomic mass is 19.4. The summed E-state index contributed by atoms with van der Waals surface area (Å²) in [4.78, 5) is 0. The Balaban J connectivity index is 2.38. The van der Waals surface area contributed by atoms with Gasteiger partial charge in [-0.15, -0.1) is 0 Å². The Morgan fingerprint density at radius 2 is 1.48 bits per heavy atom. The highest BCUT2D eigenvalue weighted by molar-refractivity contribution is 5.66. The molecule has 0 atom stereocenters. The van der Waals surface area contributed by atoms with Gasteiger partial charge in [-0.05, 0) is 35.4 Å². The van der Waals surface area contributed by atoms with Gasteiger partial charge in [0.25, 0.3) is 6.43 Å². The van der Waals surface area contributed by atoms with Crippen LogP contribution in [-0.2, 0) is 6.18 Å². The summed E-state index contributed by atoms with van der Waals surface area (Å²) in [6, 6.07) is 8.48. The van der Waals surface area contributed by atoms with Crippen molar-refractivity contribution in [1.29, 1.82) is 0 Å². The van der Waals surface area contributed by atoms with Crippen LogP contribution in [0.25, 0.3) is 11.1 Å². The van der Waals surface area contributed by atoms with Gasteiger partial charge in [-0.3, -0.25) is 0 Å². The summed E-state index contributed by atoms with van der Waals surface area (Å²) in [6.45, 7) is 0. The van der Waals surface area contributed by atoms with Crippen molar-refractivity contribution in [3.8, 4) is 16.9 Å². The Kier molecular flexibility index (Phi) is 4.16. The van der Waals surface area contributed by atoms with Crippen LogP contribution in [0.3, 0.4) is 0 Å². The van der Waals surface area contributed by atoms with E-state index >= 15 is 0 Å². The molecule has 0 N–H and O–H groups in total. The maximum absolute atomic E-state index is 12.7. The topological polar surface area (TPSA) is 9.23 Å². The van der Waals surface area contributed by atoms with Crippen LogP contribution < -0.4 is 4.74 Å². The number of benzene rings is 2. The molecule has 2 rings (SSSR count). The largest absolute Gasteiger partial charge is 0.496 e. The molecule has 2 aromatic rings. The molecular weight excluding hydrogens is 291 g/mol. The zero-order valence-corrected chi connectivity index (χ0v) is 10.9. The minimum atomic E-state index is -4.41. The van der Waals surface area contributed by atoms with Gasteiger partial charge in [0.15, 0.2) is 0 Å². The highest BCUT2D eigenvalue weighted by Crippen LogP contribution is 2.34. The third kappa shape index (κ3) is 3.32. The number of hydrogen-bond donors (Lipinski definition) is 0. The van der Waals surface area contributed by atoms with Crippen molar-refractivity contribution in [3.63, 3.8) is 0 Å². The molecule has 21 heavy (non-hydrogen) atoms. The van der Waals surface area contributed by atoms with Crippen molar-refractivity contribution in [3.05, 3.63) is 53.6 Å². The summed E-state index contributed by atoms with van der Waals surface area (Å²) < 4.78 is 67.8. The number of hydrogen-bond acceptors (Lipinski definition) is 1. The summed E-state index contributed by atoms with van der Waals surface area (Å²) >= 11 is 0. The zero-order chi connectivity index (χ0) is 15.6. The summed E-state index contributed by atoms with van der Waals surface area (Å²) in [5.41, 5.74) is -0.0253. The third-order valence-electron chi connectivity index (χ3n) is 3.01. The smallest absolute Gasteiger partial charge is 0.416 e. The Labute approximate surface area is 118 Å². The standard InChI is InChI=1S/C15H11F5O/c1-21-13-8-10(4-7-12(13)14(16)17)9-2-5-11(6-3-9)15(18,19)20/h2-8,14H,1H3. The van der Waals surface area contributed by atoms with Crippen molar-refractivity contribution in [2.75, 3.05) is 7.11 Å². The van der Waals surface area contributed by atoms with Gasteiger partial charge in [-0.25, -0.2) is 8.78 Å². The van der Waals surface area contributed by atoms with Gasteiger partial charge < -0.3 is 4.74 Å². The van der Waals surface area contributed by atoms with Gasteiger partial charge in [-0.2, -0.15) is 13.2 Å². The molecule has 0 fully saturated rings. The Morgan fingerprint density at radius 3 is 1.95 bits per heavy atom. The van der Waals surface area contributed by atoms with Gasteiger partial charge in [0.1, 0.15) is 5.75 Å². The Morgan fingerprint density at radius 1 is 0.905 bits per heavy atom. The van der Waals surface area contributed by atoms with Crippen LogP contribution in [-0.4, -0.2) is 7.11 Å². The summed E-state index contributed by atoms with van der Waals surface area (Å²) in [5, 5.41) is 0. The average molecular weight is 302 g/mol. The molecular formula is C15H11F5O. The molecule has 0 saturated heterocycles. The van der Waals surface area contributed by atoms with Crippen molar-refractivity contribution < 1.29 is 26.7 Å². The van der Waals surface area contributed by atoms with Crippen LogP contribution in [0.1, 0.15) is 17.6 Å². The molecule has 0 aliphatic heterocycles. The fraction of sp³-hybridized carbons (Fsp3) is 0.200. The lowest BCUT2D eigenvalue weighted by Crippen LogP contribution is -2.04. The van der Waals surface area contributed by atoms with Crippen molar-refractivity contribution in [2.45, 2.75) is 12.6 Å². The number of methoxy groups -OCH3 is 1. The zero-order valence-electron chi connectivity index (χ0n) is 10.9. The molecule has 0 heterocycles. The minimum Gasteiger partial charge on any atom is -0.496 e. The summed E-state index contributed by atoms with van der Waals surface area (Å²) in [7, 11) is 1.26. The SMILES string of the molecule is COc1cc(-c2ccc(C(F)(F)F)cc2)ccc1C(F)F. The van der Waals surface area contributed by atoms with E-state index in [1.165, 1.54) is 37.4 Å². The van der Waals surface area contributed by atoms with Crippen LogP contribution in [0.15, 0.2) is 42.5 Å². The number of ether oxygens (including phenoxy) is 1. The predicted molar refractivity (Wildman–Crippen MR) is 68.4 cm³/mol. The van der Waals surface area contributed by atoms with Crippen molar-refractivity contribution >= 4 is 0 Å². The van der Waals surface area contributed by atoms with E-state index in [1.54, 1.807) is 0 Å². The molecule has 2 aromatic carbocycles. The number of alkyl halides is 5. The van der Waals surface area contributed by atoms with Crippen LogP contribution in [0.4, 0.5) is 22.0 Å². The van der Waals surface area contributed by atoms with Crippen LogP contribution >= 0.6 is 0 Å². The average Bonchev–Trinajstić information content (AvgIpc) is 2.45. The monoisotopic (exact) mass is 302 g/mol. The maximum atomic E-state index is 12.7. The summed E-state index contributed by atoms with van der Waals surface area (Å²) in [5.74, 6) is 0.00222. The molecule has 0 amide bonds. The quantitative estimate of drug-likeness (QED) is 0.697. The first-order chi connectivity index (χ1) is 9.82. The van der Waals surface area contributed by atoms with E-state index in [-0.39, 0.29) is 11.3 Å². The van der Waals surface area contributed by atoms with E-state index in [0.717, 1.165) is 12.1 Å². The molecule has 0 radical (unpaired) electrons. The Bertz CT molecular complexity index is 617. The fourth-order valence-corrected chi connectivity index (χ4v) is 1.92. The molecule has 112 valence electrons. The van der Waals surface area contributed by atoms with Crippen LogP contribution in [0.5, 0.6) is 5.75 Å². The normalized spacial score (nSPS) is 11.8. The first-order valence-electron chi connectivity index (χ1n) is 5.96. The van der Waals surface area contributed by atoms with E-state index < -0.39 is 18.2 Å². The van der Waals surface area contributed by atoms with E-state index in [9.17, 15) is 22.0 Å². The van der Waals surface area contributed by atoms with Gasteiger partial charge in [0, 0.05) is 0 Å². The molecule has 0 aliphatic carbocycles. The second-order valence-corrected chi connectivity index (χ2v) is 4.33. The van der Waals surface area contributed by atoms with Crippen molar-refractivity contribution in [2.24, 2.45) is 0 Å². The van der Waals surface area contributed by atoms with Crippen molar-refractivity contribution in [1.82, 2.24) is 0 Å². The van der Waals surface area contributed by atoms with Gasteiger partial charge in [0.05, 0.1) is 18.2 Å². The van der Waals surface area contributed by atoms with Gasteiger partial charge in [-0.1, -0.05) is 18.2 Å². The first-order valence-corrected chi connectivity index (χ1v) is 5.96.